The summed E-state index contributed by atoms with van der Waals surface area (Å²) >= 11 is 0. The Kier molecular flexibility index (Phi) is 6.13. The number of aromatic nitrogens is 2. The van der Waals surface area contributed by atoms with Crippen LogP contribution in [0.4, 0.5) is 5.82 Å². The molecular weight excluding hydrogens is 400 g/mol. The summed E-state index contributed by atoms with van der Waals surface area (Å²) in [6, 6.07) is 8.64. The predicted molar refractivity (Wildman–Crippen MR) is 125 cm³/mol. The van der Waals surface area contributed by atoms with Crippen LogP contribution in [-0.4, -0.2) is 47.0 Å². The molecule has 3 heterocycles. The molecule has 2 aliphatic heterocycles. The van der Waals surface area contributed by atoms with Crippen molar-refractivity contribution in [3.05, 3.63) is 46.9 Å². The highest BCUT2D eigenvalue weighted by Crippen LogP contribution is 2.35. The van der Waals surface area contributed by atoms with E-state index < -0.39 is 0 Å². The molecule has 1 aromatic carbocycles. The highest BCUT2D eigenvalue weighted by Gasteiger charge is 2.34. The quantitative estimate of drug-likeness (QED) is 0.698. The summed E-state index contributed by atoms with van der Waals surface area (Å²) < 4.78 is 5.26. The van der Waals surface area contributed by atoms with Gasteiger partial charge in [0.15, 0.2) is 0 Å². The van der Waals surface area contributed by atoms with E-state index in [1.54, 1.807) is 7.11 Å². The number of anilines is 1. The molecule has 5 rings (SSSR count). The minimum Gasteiger partial charge on any atom is -0.497 e. The lowest BCUT2D eigenvalue weighted by atomic mass is 9.90. The number of likely N-dealkylation sites (tertiary alicyclic amines) is 1. The van der Waals surface area contributed by atoms with Crippen LogP contribution in [0, 0.1) is 6.92 Å². The second-order valence-electron chi connectivity index (χ2n) is 9.60. The average molecular weight is 435 g/mol. The molecule has 1 amide bonds. The fraction of sp³-hybridized carbons (Fsp3) is 0.577. The SMILES string of the molecule is COc1ccc(CN2C(=O)Cc3c(C)nc(C4CCCN(C5CCCCC5)C4)nc32)cc1. The van der Waals surface area contributed by atoms with Crippen LogP contribution in [0.25, 0.3) is 0 Å². The number of piperidine rings is 1. The molecule has 1 unspecified atom stereocenters. The molecule has 1 atom stereocenters. The number of carbonyl (C=O) groups excluding carboxylic acids is 1. The van der Waals surface area contributed by atoms with E-state index in [-0.39, 0.29) is 5.91 Å². The molecule has 170 valence electrons. The zero-order valence-electron chi connectivity index (χ0n) is 19.3. The Labute approximate surface area is 191 Å². The van der Waals surface area contributed by atoms with Gasteiger partial charge in [-0.15, -0.1) is 0 Å². The van der Waals surface area contributed by atoms with E-state index in [2.05, 4.69) is 4.90 Å². The van der Waals surface area contributed by atoms with Gasteiger partial charge < -0.3 is 4.74 Å². The van der Waals surface area contributed by atoms with Crippen molar-refractivity contribution >= 4 is 11.7 Å². The Hall–Kier alpha value is -2.47. The summed E-state index contributed by atoms with van der Waals surface area (Å²) in [6.45, 7) is 4.82. The second-order valence-corrected chi connectivity index (χ2v) is 9.60. The summed E-state index contributed by atoms with van der Waals surface area (Å²) in [5.74, 6) is 3.03. The van der Waals surface area contributed by atoms with Crippen molar-refractivity contribution < 1.29 is 9.53 Å². The monoisotopic (exact) mass is 434 g/mol. The number of amides is 1. The van der Waals surface area contributed by atoms with Crippen molar-refractivity contribution in [3.8, 4) is 5.75 Å². The number of hydrogen-bond donors (Lipinski definition) is 0. The minimum atomic E-state index is 0.109. The lowest BCUT2D eigenvalue weighted by molar-refractivity contribution is -0.117. The van der Waals surface area contributed by atoms with Gasteiger partial charge in [0, 0.05) is 29.8 Å². The maximum Gasteiger partial charge on any atom is 0.233 e. The van der Waals surface area contributed by atoms with Crippen LogP contribution in [0.2, 0.25) is 0 Å². The second kappa shape index (κ2) is 9.18. The fourth-order valence-corrected chi connectivity index (χ4v) is 5.65. The van der Waals surface area contributed by atoms with Crippen molar-refractivity contribution in [2.75, 3.05) is 25.1 Å². The largest absolute Gasteiger partial charge is 0.497 e. The summed E-state index contributed by atoms with van der Waals surface area (Å²) in [4.78, 5) is 27.4. The third-order valence-corrected chi connectivity index (χ3v) is 7.50. The molecule has 0 radical (unpaired) electrons. The number of hydrogen-bond acceptors (Lipinski definition) is 5. The van der Waals surface area contributed by atoms with Gasteiger partial charge in [-0.3, -0.25) is 14.6 Å². The standard InChI is InChI=1S/C26H34N4O2/c1-18-23-15-24(31)30(16-19-10-12-22(32-2)13-11-19)26(23)28-25(27-18)20-7-6-14-29(17-20)21-8-4-3-5-9-21/h10-13,20-21H,3-9,14-17H2,1-2H3. The Morgan fingerprint density at radius 2 is 1.81 bits per heavy atom. The molecule has 0 N–H and O–H groups in total. The highest BCUT2D eigenvalue weighted by molar-refractivity contribution is 6.00. The van der Waals surface area contributed by atoms with Crippen molar-refractivity contribution in [3.63, 3.8) is 0 Å². The van der Waals surface area contributed by atoms with Crippen molar-refractivity contribution in [1.29, 1.82) is 0 Å². The Balaban J connectivity index is 1.37. The number of benzene rings is 1. The lowest BCUT2D eigenvalue weighted by Gasteiger charge is -2.39. The number of carbonyl (C=O) groups is 1. The van der Waals surface area contributed by atoms with Gasteiger partial charge in [0.25, 0.3) is 0 Å². The van der Waals surface area contributed by atoms with Gasteiger partial charge in [-0.05, 0) is 56.8 Å². The van der Waals surface area contributed by atoms with E-state index in [1.807, 2.05) is 36.1 Å². The minimum absolute atomic E-state index is 0.109. The number of rotatable bonds is 5. The number of methoxy groups -OCH3 is 1. The van der Waals surface area contributed by atoms with Gasteiger partial charge in [0.2, 0.25) is 5.91 Å². The number of aryl methyl sites for hydroxylation is 1. The van der Waals surface area contributed by atoms with Crippen LogP contribution < -0.4 is 9.64 Å². The fourth-order valence-electron chi connectivity index (χ4n) is 5.65. The first-order chi connectivity index (χ1) is 15.6. The average Bonchev–Trinajstić information content (AvgIpc) is 3.16. The van der Waals surface area contributed by atoms with Crippen molar-refractivity contribution in [1.82, 2.24) is 14.9 Å². The molecule has 0 bridgehead atoms. The van der Waals surface area contributed by atoms with Gasteiger partial charge in [0.05, 0.1) is 20.1 Å². The smallest absolute Gasteiger partial charge is 0.233 e. The van der Waals surface area contributed by atoms with E-state index in [1.165, 1.54) is 45.1 Å². The van der Waals surface area contributed by atoms with E-state index in [0.717, 1.165) is 53.2 Å². The molecule has 2 aromatic rings. The molecule has 1 aromatic heterocycles. The Morgan fingerprint density at radius 3 is 2.56 bits per heavy atom. The van der Waals surface area contributed by atoms with Crippen molar-refractivity contribution in [2.45, 2.75) is 76.8 Å². The molecule has 2 fully saturated rings. The summed E-state index contributed by atoms with van der Waals surface area (Å²) in [5.41, 5.74) is 3.03. The molecular formula is C26H34N4O2. The third-order valence-electron chi connectivity index (χ3n) is 7.50. The normalized spacial score (nSPS) is 22.2. The highest BCUT2D eigenvalue weighted by atomic mass is 16.5. The van der Waals surface area contributed by atoms with Gasteiger partial charge >= 0.3 is 0 Å². The van der Waals surface area contributed by atoms with Crippen LogP contribution in [0.1, 0.15) is 73.5 Å². The van der Waals surface area contributed by atoms with E-state index in [0.29, 0.717) is 18.9 Å². The first-order valence-corrected chi connectivity index (χ1v) is 12.2. The molecule has 1 saturated carbocycles. The molecule has 3 aliphatic rings. The van der Waals surface area contributed by atoms with Crippen LogP contribution in [0.5, 0.6) is 5.75 Å². The van der Waals surface area contributed by atoms with Crippen molar-refractivity contribution in [2.24, 2.45) is 0 Å². The lowest BCUT2D eigenvalue weighted by Crippen LogP contribution is -2.43. The maximum absolute atomic E-state index is 12.9. The molecule has 32 heavy (non-hydrogen) atoms. The number of ether oxygens (including phenoxy) is 1. The zero-order valence-corrected chi connectivity index (χ0v) is 19.3. The van der Waals surface area contributed by atoms with Gasteiger partial charge in [0.1, 0.15) is 17.4 Å². The Bertz CT molecular complexity index is 969. The van der Waals surface area contributed by atoms with Crippen LogP contribution in [-0.2, 0) is 17.8 Å². The maximum atomic E-state index is 12.9. The zero-order chi connectivity index (χ0) is 22.1. The molecule has 0 spiro atoms. The molecule has 1 aliphatic carbocycles. The van der Waals surface area contributed by atoms with E-state index >= 15 is 0 Å². The number of nitrogens with zero attached hydrogens (tertiary/aromatic N) is 4. The summed E-state index contributed by atoms with van der Waals surface area (Å²) in [6.07, 6.45) is 9.52. The molecule has 1 saturated heterocycles. The van der Waals surface area contributed by atoms with Gasteiger partial charge in [-0.1, -0.05) is 31.4 Å². The van der Waals surface area contributed by atoms with Gasteiger partial charge in [-0.2, -0.15) is 0 Å². The number of fused-ring (bicyclic) bond motifs is 1. The summed E-state index contributed by atoms with van der Waals surface area (Å²) in [7, 11) is 1.66. The van der Waals surface area contributed by atoms with E-state index in [9.17, 15) is 4.79 Å². The van der Waals surface area contributed by atoms with E-state index in [4.69, 9.17) is 14.7 Å². The predicted octanol–water partition coefficient (Wildman–Crippen LogP) is 4.40. The molecule has 6 nitrogen and oxygen atoms in total. The third kappa shape index (κ3) is 4.25. The Morgan fingerprint density at radius 1 is 1.03 bits per heavy atom. The summed E-state index contributed by atoms with van der Waals surface area (Å²) in [5, 5.41) is 0. The first kappa shape index (κ1) is 21.4. The van der Waals surface area contributed by atoms with Crippen LogP contribution >= 0.6 is 0 Å². The van der Waals surface area contributed by atoms with Crippen LogP contribution in [0.3, 0.4) is 0 Å². The first-order valence-electron chi connectivity index (χ1n) is 12.2. The topological polar surface area (TPSA) is 58.6 Å². The van der Waals surface area contributed by atoms with Crippen LogP contribution in [0.15, 0.2) is 24.3 Å². The van der Waals surface area contributed by atoms with Gasteiger partial charge in [-0.25, -0.2) is 9.97 Å². The molecule has 6 heteroatoms.